The fraction of sp³-hybridized carbons (Fsp3) is 0.500. The summed E-state index contributed by atoms with van der Waals surface area (Å²) >= 11 is 0. The molecule has 0 bridgehead atoms. The third-order valence-electron chi connectivity index (χ3n) is 3.20. The maximum atomic E-state index is 11.4. The number of hydrogen-bond acceptors (Lipinski definition) is 4. The number of rotatable bonds is 2. The molecule has 4 heteroatoms. The van der Waals surface area contributed by atoms with Gasteiger partial charge in [0.2, 0.25) is 0 Å². The lowest BCUT2D eigenvalue weighted by molar-refractivity contribution is -0.142. The van der Waals surface area contributed by atoms with Gasteiger partial charge in [-0.25, -0.2) is 0 Å². The summed E-state index contributed by atoms with van der Waals surface area (Å²) in [6.07, 6.45) is 6.59. The van der Waals surface area contributed by atoms with Crippen LogP contribution < -0.4 is 5.73 Å². The quantitative estimate of drug-likeness (QED) is 0.759. The van der Waals surface area contributed by atoms with Gasteiger partial charge in [0.05, 0.1) is 19.1 Å². The number of aryl methyl sites for hydroxylation is 1. The molecule has 1 aromatic heterocycles. The SMILES string of the molecule is COC(=O)CC1(N)CCCc2ccncc21. The number of methoxy groups -OCH3 is 1. The minimum Gasteiger partial charge on any atom is -0.469 e. The van der Waals surface area contributed by atoms with E-state index in [1.165, 1.54) is 12.7 Å². The fourth-order valence-corrected chi connectivity index (χ4v) is 2.33. The number of carbonyl (C=O) groups excluding carboxylic acids is 1. The molecule has 86 valence electrons. The van der Waals surface area contributed by atoms with E-state index in [4.69, 9.17) is 10.5 Å². The molecule has 0 radical (unpaired) electrons. The van der Waals surface area contributed by atoms with E-state index in [1.54, 1.807) is 12.4 Å². The van der Waals surface area contributed by atoms with E-state index in [9.17, 15) is 4.79 Å². The monoisotopic (exact) mass is 220 g/mol. The smallest absolute Gasteiger partial charge is 0.307 e. The van der Waals surface area contributed by atoms with Gasteiger partial charge in [0.15, 0.2) is 0 Å². The van der Waals surface area contributed by atoms with Crippen LogP contribution in [0.2, 0.25) is 0 Å². The molecule has 16 heavy (non-hydrogen) atoms. The van der Waals surface area contributed by atoms with E-state index in [-0.39, 0.29) is 12.4 Å². The highest BCUT2D eigenvalue weighted by atomic mass is 16.5. The summed E-state index contributed by atoms with van der Waals surface area (Å²) in [5, 5.41) is 0. The molecule has 1 atom stereocenters. The van der Waals surface area contributed by atoms with Crippen molar-refractivity contribution in [2.24, 2.45) is 5.73 Å². The molecule has 0 saturated carbocycles. The Morgan fingerprint density at radius 1 is 1.69 bits per heavy atom. The zero-order valence-electron chi connectivity index (χ0n) is 9.40. The summed E-state index contributed by atoms with van der Waals surface area (Å²) in [4.78, 5) is 15.5. The van der Waals surface area contributed by atoms with Crippen LogP contribution in [0.25, 0.3) is 0 Å². The number of carbonyl (C=O) groups is 1. The number of aromatic nitrogens is 1. The van der Waals surface area contributed by atoms with Crippen LogP contribution >= 0.6 is 0 Å². The van der Waals surface area contributed by atoms with Crippen LogP contribution in [0.15, 0.2) is 18.5 Å². The van der Waals surface area contributed by atoms with Crippen LogP contribution in [0, 0.1) is 0 Å². The molecule has 0 spiro atoms. The number of nitrogens with two attached hydrogens (primary N) is 1. The first-order valence-electron chi connectivity index (χ1n) is 5.45. The fourth-order valence-electron chi connectivity index (χ4n) is 2.33. The first kappa shape index (κ1) is 11.1. The van der Waals surface area contributed by atoms with E-state index in [0.717, 1.165) is 24.8 Å². The van der Waals surface area contributed by atoms with Crippen molar-refractivity contribution in [1.82, 2.24) is 4.98 Å². The second-order valence-corrected chi connectivity index (χ2v) is 4.30. The molecule has 1 unspecified atom stereocenters. The summed E-state index contributed by atoms with van der Waals surface area (Å²) < 4.78 is 4.69. The topological polar surface area (TPSA) is 65.2 Å². The Hall–Kier alpha value is -1.42. The third-order valence-corrected chi connectivity index (χ3v) is 3.20. The standard InChI is InChI=1S/C12H16N2O2/c1-16-11(15)7-12(13)5-2-3-9-4-6-14-8-10(9)12/h4,6,8H,2-3,5,7,13H2,1H3. The van der Waals surface area contributed by atoms with Crippen LogP contribution in [0.3, 0.4) is 0 Å². The Labute approximate surface area is 94.8 Å². The van der Waals surface area contributed by atoms with Crippen molar-refractivity contribution >= 4 is 5.97 Å². The average molecular weight is 220 g/mol. The van der Waals surface area contributed by atoms with Gasteiger partial charge in [0, 0.05) is 12.4 Å². The second kappa shape index (κ2) is 4.22. The summed E-state index contributed by atoms with van der Waals surface area (Å²) in [6, 6.07) is 1.98. The number of fused-ring (bicyclic) bond motifs is 1. The van der Waals surface area contributed by atoms with E-state index in [1.807, 2.05) is 6.07 Å². The summed E-state index contributed by atoms with van der Waals surface area (Å²) in [5.41, 5.74) is 7.90. The van der Waals surface area contributed by atoms with Crippen LogP contribution in [0.4, 0.5) is 0 Å². The first-order valence-corrected chi connectivity index (χ1v) is 5.45. The van der Waals surface area contributed by atoms with E-state index in [2.05, 4.69) is 4.98 Å². The molecule has 1 heterocycles. The first-order chi connectivity index (χ1) is 7.65. The number of pyridine rings is 1. The minimum absolute atomic E-state index is 0.224. The van der Waals surface area contributed by atoms with Crippen molar-refractivity contribution in [3.63, 3.8) is 0 Å². The Balaban J connectivity index is 2.32. The van der Waals surface area contributed by atoms with Crippen LogP contribution in [0.5, 0.6) is 0 Å². The van der Waals surface area contributed by atoms with Crippen molar-refractivity contribution in [1.29, 1.82) is 0 Å². The van der Waals surface area contributed by atoms with Gasteiger partial charge in [0.25, 0.3) is 0 Å². The van der Waals surface area contributed by atoms with Crippen molar-refractivity contribution < 1.29 is 9.53 Å². The predicted octanol–water partition coefficient (Wildman–Crippen LogP) is 1.14. The Morgan fingerprint density at radius 3 is 3.25 bits per heavy atom. The number of ether oxygens (including phenoxy) is 1. The van der Waals surface area contributed by atoms with Crippen molar-refractivity contribution in [3.8, 4) is 0 Å². The lowest BCUT2D eigenvalue weighted by Crippen LogP contribution is -2.42. The summed E-state index contributed by atoms with van der Waals surface area (Å²) in [7, 11) is 1.39. The van der Waals surface area contributed by atoms with Crippen LogP contribution in [-0.4, -0.2) is 18.1 Å². The minimum atomic E-state index is -0.602. The highest BCUT2D eigenvalue weighted by molar-refractivity contribution is 5.71. The van der Waals surface area contributed by atoms with Gasteiger partial charge in [-0.2, -0.15) is 0 Å². The van der Waals surface area contributed by atoms with E-state index >= 15 is 0 Å². The molecule has 1 aromatic rings. The number of esters is 1. The lowest BCUT2D eigenvalue weighted by Gasteiger charge is -2.34. The molecule has 2 rings (SSSR count). The van der Waals surface area contributed by atoms with Gasteiger partial charge in [-0.05, 0) is 36.5 Å². The summed E-state index contributed by atoms with van der Waals surface area (Å²) in [5.74, 6) is -0.265. The van der Waals surface area contributed by atoms with Crippen molar-refractivity contribution in [3.05, 3.63) is 29.6 Å². The van der Waals surface area contributed by atoms with Gasteiger partial charge in [-0.3, -0.25) is 9.78 Å². The van der Waals surface area contributed by atoms with Crippen LogP contribution in [-0.2, 0) is 21.5 Å². The highest BCUT2D eigenvalue weighted by Gasteiger charge is 2.35. The van der Waals surface area contributed by atoms with Gasteiger partial charge in [-0.1, -0.05) is 0 Å². The Bertz CT molecular complexity index is 406. The molecule has 0 aliphatic heterocycles. The maximum absolute atomic E-state index is 11.4. The molecular formula is C12H16N2O2. The van der Waals surface area contributed by atoms with Gasteiger partial charge in [0.1, 0.15) is 0 Å². The molecule has 1 aliphatic carbocycles. The van der Waals surface area contributed by atoms with Gasteiger partial charge < -0.3 is 10.5 Å². The third kappa shape index (κ3) is 1.93. The zero-order valence-corrected chi connectivity index (χ0v) is 9.40. The predicted molar refractivity (Wildman–Crippen MR) is 59.7 cm³/mol. The highest BCUT2D eigenvalue weighted by Crippen LogP contribution is 2.35. The number of nitrogens with zero attached hydrogens (tertiary/aromatic N) is 1. The summed E-state index contributed by atoms with van der Waals surface area (Å²) in [6.45, 7) is 0. The Morgan fingerprint density at radius 2 is 2.50 bits per heavy atom. The lowest BCUT2D eigenvalue weighted by atomic mass is 9.76. The molecule has 0 saturated heterocycles. The van der Waals surface area contributed by atoms with Crippen molar-refractivity contribution in [2.45, 2.75) is 31.2 Å². The largest absolute Gasteiger partial charge is 0.469 e. The second-order valence-electron chi connectivity index (χ2n) is 4.30. The Kier molecular flexibility index (Phi) is 2.92. The van der Waals surface area contributed by atoms with E-state index < -0.39 is 5.54 Å². The molecule has 0 amide bonds. The average Bonchev–Trinajstić information content (AvgIpc) is 2.29. The molecule has 2 N–H and O–H groups in total. The van der Waals surface area contributed by atoms with Gasteiger partial charge in [-0.15, -0.1) is 0 Å². The number of hydrogen-bond donors (Lipinski definition) is 1. The molecule has 0 aromatic carbocycles. The van der Waals surface area contributed by atoms with Crippen LogP contribution in [0.1, 0.15) is 30.4 Å². The zero-order chi connectivity index (χ0) is 11.6. The molecule has 1 aliphatic rings. The van der Waals surface area contributed by atoms with Crippen molar-refractivity contribution in [2.75, 3.05) is 7.11 Å². The maximum Gasteiger partial charge on any atom is 0.307 e. The molecule has 4 nitrogen and oxygen atoms in total. The normalized spacial score (nSPS) is 23.6. The van der Waals surface area contributed by atoms with E-state index in [0.29, 0.717) is 0 Å². The van der Waals surface area contributed by atoms with Gasteiger partial charge >= 0.3 is 5.97 Å². The molecule has 0 fully saturated rings. The molecular weight excluding hydrogens is 204 g/mol.